The van der Waals surface area contributed by atoms with Crippen molar-refractivity contribution >= 4 is 11.9 Å². The van der Waals surface area contributed by atoms with Crippen LogP contribution in [0.1, 0.15) is 12.8 Å². The van der Waals surface area contributed by atoms with Gasteiger partial charge in [-0.05, 0) is 0 Å². The van der Waals surface area contributed by atoms with E-state index in [9.17, 15) is 24.9 Å². The number of carboxylic acid groups (broad SMARTS) is 2. The average Bonchev–Trinajstić information content (AvgIpc) is 2.74. The second-order valence-corrected chi connectivity index (χ2v) is 5.16. The minimum absolute atomic E-state index is 0.127. The van der Waals surface area contributed by atoms with Gasteiger partial charge in [0.15, 0.2) is 5.60 Å². The molecule has 114 valence electrons. The first-order chi connectivity index (χ1) is 9.27. The van der Waals surface area contributed by atoms with Crippen LogP contribution in [0.15, 0.2) is 0 Å². The molecule has 0 bridgehead atoms. The lowest BCUT2D eigenvalue weighted by Crippen LogP contribution is -2.51. The van der Waals surface area contributed by atoms with Crippen LogP contribution in [-0.4, -0.2) is 75.0 Å². The molecule has 9 heteroatoms. The summed E-state index contributed by atoms with van der Waals surface area (Å²) in [7, 11) is 0. The number of aliphatic hydroxyl groups excluding tert-OH is 2. The Morgan fingerprint density at radius 1 is 1.35 bits per heavy atom. The van der Waals surface area contributed by atoms with Crippen LogP contribution >= 0.6 is 0 Å². The Bertz CT molecular complexity index is 415. The van der Waals surface area contributed by atoms with E-state index in [1.165, 1.54) is 0 Å². The minimum Gasteiger partial charge on any atom is -0.480 e. The normalized spacial score (nSPS) is 42.0. The van der Waals surface area contributed by atoms with Crippen LogP contribution in [-0.2, 0) is 19.1 Å². The standard InChI is InChI=1S/C11H17NO8/c12-4(9(15)16)1-11(10(17)18)2-6-8(20-11)7(14)5(13)3-19-6/h4-8,13-14H,1-3,12H2,(H,15,16)(H,17,18)/t4-,5-,6+,7-,8-,11+/m0/s1. The molecule has 0 saturated carbocycles. The second-order valence-electron chi connectivity index (χ2n) is 5.16. The summed E-state index contributed by atoms with van der Waals surface area (Å²) in [6, 6.07) is -1.41. The first-order valence-corrected chi connectivity index (χ1v) is 6.14. The van der Waals surface area contributed by atoms with E-state index in [4.69, 9.17) is 20.3 Å². The number of carboxylic acids is 2. The molecule has 0 aromatic rings. The van der Waals surface area contributed by atoms with E-state index in [0.717, 1.165) is 0 Å². The van der Waals surface area contributed by atoms with Gasteiger partial charge >= 0.3 is 11.9 Å². The van der Waals surface area contributed by atoms with Crippen molar-refractivity contribution in [3.05, 3.63) is 0 Å². The maximum absolute atomic E-state index is 11.4. The molecule has 0 spiro atoms. The van der Waals surface area contributed by atoms with Gasteiger partial charge < -0.3 is 35.6 Å². The lowest BCUT2D eigenvalue weighted by Gasteiger charge is -2.33. The minimum atomic E-state index is -1.84. The number of aliphatic carboxylic acids is 2. The molecule has 9 nitrogen and oxygen atoms in total. The number of nitrogens with two attached hydrogens (primary N) is 1. The van der Waals surface area contributed by atoms with Crippen molar-refractivity contribution in [2.75, 3.05) is 6.61 Å². The molecule has 2 rings (SSSR count). The van der Waals surface area contributed by atoms with Crippen molar-refractivity contribution in [3.63, 3.8) is 0 Å². The van der Waals surface area contributed by atoms with Crippen LogP contribution in [0.4, 0.5) is 0 Å². The predicted octanol–water partition coefficient (Wildman–Crippen LogP) is -2.48. The van der Waals surface area contributed by atoms with Crippen molar-refractivity contribution in [1.82, 2.24) is 0 Å². The van der Waals surface area contributed by atoms with E-state index in [1.54, 1.807) is 0 Å². The van der Waals surface area contributed by atoms with Gasteiger partial charge in [0, 0.05) is 12.8 Å². The van der Waals surface area contributed by atoms with Gasteiger partial charge in [0.2, 0.25) is 0 Å². The molecule has 6 N–H and O–H groups in total. The number of aliphatic hydroxyl groups is 2. The summed E-state index contributed by atoms with van der Waals surface area (Å²) < 4.78 is 10.6. The summed E-state index contributed by atoms with van der Waals surface area (Å²) in [5.74, 6) is -2.71. The highest BCUT2D eigenvalue weighted by molar-refractivity contribution is 5.80. The zero-order valence-corrected chi connectivity index (χ0v) is 10.5. The van der Waals surface area contributed by atoms with Crippen molar-refractivity contribution < 1.29 is 39.5 Å². The molecule has 20 heavy (non-hydrogen) atoms. The maximum Gasteiger partial charge on any atom is 0.336 e. The molecule has 0 radical (unpaired) electrons. The van der Waals surface area contributed by atoms with Crippen LogP contribution in [0.3, 0.4) is 0 Å². The predicted molar refractivity (Wildman–Crippen MR) is 61.8 cm³/mol. The Kier molecular flexibility index (Phi) is 3.98. The molecule has 6 atom stereocenters. The van der Waals surface area contributed by atoms with E-state index < -0.39 is 54.4 Å². The Labute approximate surface area is 113 Å². The highest BCUT2D eigenvalue weighted by atomic mass is 16.6. The summed E-state index contributed by atoms with van der Waals surface area (Å²) in [6.07, 6.45) is -4.76. The average molecular weight is 291 g/mol. The van der Waals surface area contributed by atoms with Gasteiger partial charge in [-0.3, -0.25) is 4.79 Å². The number of rotatable bonds is 4. The van der Waals surface area contributed by atoms with Gasteiger partial charge in [0.05, 0.1) is 12.7 Å². The van der Waals surface area contributed by atoms with Gasteiger partial charge in [-0.15, -0.1) is 0 Å². The maximum atomic E-state index is 11.4. The lowest BCUT2D eigenvalue weighted by molar-refractivity contribution is -0.197. The molecule has 0 aromatic heterocycles. The molecular weight excluding hydrogens is 274 g/mol. The van der Waals surface area contributed by atoms with Crippen LogP contribution in [0, 0.1) is 0 Å². The highest BCUT2D eigenvalue weighted by Gasteiger charge is 2.57. The van der Waals surface area contributed by atoms with Crippen molar-refractivity contribution in [2.45, 2.75) is 48.9 Å². The van der Waals surface area contributed by atoms with Crippen LogP contribution in [0.25, 0.3) is 0 Å². The van der Waals surface area contributed by atoms with Gasteiger partial charge in [0.25, 0.3) is 0 Å². The van der Waals surface area contributed by atoms with E-state index >= 15 is 0 Å². The molecule has 2 aliphatic rings. The number of carbonyl (C=O) groups is 2. The largest absolute Gasteiger partial charge is 0.480 e. The number of hydrogen-bond acceptors (Lipinski definition) is 7. The summed E-state index contributed by atoms with van der Waals surface area (Å²) in [5.41, 5.74) is 3.54. The molecule has 2 aliphatic heterocycles. The van der Waals surface area contributed by atoms with Gasteiger partial charge in [-0.2, -0.15) is 0 Å². The van der Waals surface area contributed by atoms with Crippen molar-refractivity contribution in [1.29, 1.82) is 0 Å². The number of fused-ring (bicyclic) bond motifs is 1. The highest BCUT2D eigenvalue weighted by Crippen LogP contribution is 2.40. The van der Waals surface area contributed by atoms with E-state index in [0.29, 0.717) is 0 Å². The van der Waals surface area contributed by atoms with Crippen molar-refractivity contribution in [2.24, 2.45) is 5.73 Å². The number of ether oxygens (including phenoxy) is 2. The molecule has 0 unspecified atom stereocenters. The monoisotopic (exact) mass is 291 g/mol. The summed E-state index contributed by atoms with van der Waals surface area (Å²) >= 11 is 0. The Hall–Kier alpha value is -1.26. The fraction of sp³-hybridized carbons (Fsp3) is 0.818. The molecule has 0 aromatic carbocycles. The SMILES string of the molecule is N[C@@H](C[C@]1(C(=O)O)C[C@H]2OC[C@H](O)[C@H](O)[C@H]2O1)C(=O)O. The molecule has 0 aliphatic carbocycles. The lowest BCUT2D eigenvalue weighted by atomic mass is 9.89. The Balaban J connectivity index is 2.20. The van der Waals surface area contributed by atoms with E-state index in [1.807, 2.05) is 0 Å². The number of hydrogen-bond donors (Lipinski definition) is 5. The topological polar surface area (TPSA) is 160 Å². The van der Waals surface area contributed by atoms with Crippen LogP contribution in [0.2, 0.25) is 0 Å². The molecule has 2 heterocycles. The molecule has 0 amide bonds. The smallest absolute Gasteiger partial charge is 0.336 e. The molecule has 2 saturated heterocycles. The third-order valence-corrected chi connectivity index (χ3v) is 3.73. The summed E-state index contributed by atoms with van der Waals surface area (Å²) in [5, 5.41) is 37.4. The van der Waals surface area contributed by atoms with Gasteiger partial charge in [-0.1, -0.05) is 0 Å². The fourth-order valence-corrected chi connectivity index (χ4v) is 2.61. The second kappa shape index (κ2) is 5.26. The summed E-state index contributed by atoms with van der Waals surface area (Å²) in [6.45, 7) is -0.133. The third-order valence-electron chi connectivity index (χ3n) is 3.73. The zero-order chi connectivity index (χ0) is 15.1. The van der Waals surface area contributed by atoms with E-state index in [2.05, 4.69) is 0 Å². The molecule has 2 fully saturated rings. The molecular formula is C11H17NO8. The summed E-state index contributed by atoms with van der Waals surface area (Å²) in [4.78, 5) is 22.2. The Morgan fingerprint density at radius 3 is 2.55 bits per heavy atom. The van der Waals surface area contributed by atoms with E-state index in [-0.39, 0.29) is 13.0 Å². The quantitative estimate of drug-likeness (QED) is 0.378. The van der Waals surface area contributed by atoms with Crippen LogP contribution in [0.5, 0.6) is 0 Å². The Morgan fingerprint density at radius 2 is 2.00 bits per heavy atom. The first-order valence-electron chi connectivity index (χ1n) is 6.14. The van der Waals surface area contributed by atoms with Gasteiger partial charge in [0.1, 0.15) is 24.4 Å². The first kappa shape index (κ1) is 15.1. The third kappa shape index (κ3) is 2.50. The fourth-order valence-electron chi connectivity index (χ4n) is 2.61. The zero-order valence-electron chi connectivity index (χ0n) is 10.5. The van der Waals surface area contributed by atoms with Gasteiger partial charge in [-0.25, -0.2) is 4.79 Å². The van der Waals surface area contributed by atoms with Crippen molar-refractivity contribution in [3.8, 4) is 0 Å². The van der Waals surface area contributed by atoms with Crippen LogP contribution < -0.4 is 5.73 Å².